The molecule has 0 aromatic rings. The zero-order chi connectivity index (χ0) is 9.10. The lowest BCUT2D eigenvalue weighted by molar-refractivity contribution is 0.413. The van der Waals surface area contributed by atoms with Gasteiger partial charge in [0.15, 0.2) is 0 Å². The van der Waals surface area contributed by atoms with Crippen LogP contribution in [0.5, 0.6) is 0 Å². The van der Waals surface area contributed by atoms with E-state index in [-0.39, 0.29) is 0 Å². The van der Waals surface area contributed by atoms with Gasteiger partial charge >= 0.3 is 0 Å². The van der Waals surface area contributed by atoms with Crippen molar-refractivity contribution < 1.29 is 0 Å². The Morgan fingerprint density at radius 1 is 1.23 bits per heavy atom. The third-order valence-electron chi connectivity index (χ3n) is 3.52. The first-order valence-electron chi connectivity index (χ1n) is 5.73. The molecular formula is C13H20. The van der Waals surface area contributed by atoms with Gasteiger partial charge < -0.3 is 0 Å². The molecule has 0 heteroatoms. The molecular weight excluding hydrogens is 156 g/mol. The van der Waals surface area contributed by atoms with Crippen molar-refractivity contribution in [2.45, 2.75) is 45.4 Å². The molecule has 0 aliphatic heterocycles. The molecule has 0 saturated carbocycles. The Hall–Kier alpha value is -0.520. The largest absolute Gasteiger partial charge is 0.0882 e. The van der Waals surface area contributed by atoms with Crippen LogP contribution in [0, 0.1) is 11.8 Å². The van der Waals surface area contributed by atoms with Gasteiger partial charge in [0.05, 0.1) is 0 Å². The molecule has 2 atom stereocenters. The lowest BCUT2D eigenvalue weighted by Crippen LogP contribution is -2.16. The van der Waals surface area contributed by atoms with Crippen molar-refractivity contribution in [3.63, 3.8) is 0 Å². The third-order valence-corrected chi connectivity index (χ3v) is 3.52. The van der Waals surface area contributed by atoms with Gasteiger partial charge in [0.1, 0.15) is 0 Å². The molecule has 0 aromatic heterocycles. The quantitative estimate of drug-likeness (QED) is 0.528. The van der Waals surface area contributed by atoms with E-state index in [4.69, 9.17) is 0 Å². The maximum atomic E-state index is 2.52. The average Bonchev–Trinajstić information content (AvgIpc) is 2.20. The van der Waals surface area contributed by atoms with Crippen LogP contribution in [-0.2, 0) is 0 Å². The summed E-state index contributed by atoms with van der Waals surface area (Å²) in [6.45, 7) is 2.37. The van der Waals surface area contributed by atoms with Gasteiger partial charge in [-0.2, -0.15) is 0 Å². The summed E-state index contributed by atoms with van der Waals surface area (Å²) in [7, 11) is 0. The summed E-state index contributed by atoms with van der Waals surface area (Å²) in [6, 6.07) is 0. The van der Waals surface area contributed by atoms with Gasteiger partial charge in [0.25, 0.3) is 0 Å². The number of hydrogen-bond donors (Lipinski definition) is 0. The summed E-state index contributed by atoms with van der Waals surface area (Å²) in [5.74, 6) is 1.67. The molecule has 0 aromatic carbocycles. The van der Waals surface area contributed by atoms with Crippen molar-refractivity contribution in [1.82, 2.24) is 0 Å². The van der Waals surface area contributed by atoms with Gasteiger partial charge in [0.2, 0.25) is 0 Å². The van der Waals surface area contributed by atoms with Gasteiger partial charge in [-0.3, -0.25) is 0 Å². The fourth-order valence-electron chi connectivity index (χ4n) is 2.71. The molecule has 2 rings (SSSR count). The highest BCUT2D eigenvalue weighted by atomic mass is 14.3. The summed E-state index contributed by atoms with van der Waals surface area (Å²) < 4.78 is 0. The molecule has 0 fully saturated rings. The van der Waals surface area contributed by atoms with Crippen LogP contribution in [-0.4, -0.2) is 0 Å². The normalized spacial score (nSPS) is 34.4. The predicted octanol–water partition coefficient (Wildman–Crippen LogP) is 4.09. The highest BCUT2D eigenvalue weighted by Gasteiger charge is 2.22. The topological polar surface area (TPSA) is 0 Å². The molecule has 0 heterocycles. The minimum absolute atomic E-state index is 0.790. The molecule has 0 nitrogen and oxygen atoms in total. The van der Waals surface area contributed by atoms with E-state index in [2.05, 4.69) is 25.2 Å². The van der Waals surface area contributed by atoms with Crippen molar-refractivity contribution in [1.29, 1.82) is 0 Å². The lowest BCUT2D eigenvalue weighted by atomic mass is 9.76. The summed E-state index contributed by atoms with van der Waals surface area (Å²) in [6.07, 6.45) is 15.5. The van der Waals surface area contributed by atoms with Gasteiger partial charge in [0, 0.05) is 0 Å². The predicted molar refractivity (Wildman–Crippen MR) is 57.6 cm³/mol. The molecule has 0 saturated heterocycles. The molecule has 0 amide bonds. The molecule has 2 aliphatic carbocycles. The highest BCUT2D eigenvalue weighted by molar-refractivity contribution is 5.15. The monoisotopic (exact) mass is 176 g/mol. The minimum Gasteiger partial charge on any atom is -0.0882 e. The molecule has 2 unspecified atom stereocenters. The van der Waals surface area contributed by atoms with Crippen LogP contribution in [0.4, 0.5) is 0 Å². The van der Waals surface area contributed by atoms with Crippen molar-refractivity contribution in [2.24, 2.45) is 11.8 Å². The van der Waals surface area contributed by atoms with E-state index in [9.17, 15) is 0 Å². The highest BCUT2D eigenvalue weighted by Crippen LogP contribution is 2.35. The van der Waals surface area contributed by atoms with Crippen LogP contribution in [0.3, 0.4) is 0 Å². The Morgan fingerprint density at radius 3 is 2.85 bits per heavy atom. The fourth-order valence-corrected chi connectivity index (χ4v) is 2.71. The van der Waals surface area contributed by atoms with Gasteiger partial charge in [-0.05, 0) is 50.4 Å². The van der Waals surface area contributed by atoms with Crippen molar-refractivity contribution in [3.05, 3.63) is 23.8 Å². The van der Waals surface area contributed by atoms with Gasteiger partial charge in [-0.15, -0.1) is 0 Å². The minimum atomic E-state index is 0.790. The van der Waals surface area contributed by atoms with E-state index in [1.165, 1.54) is 38.5 Å². The van der Waals surface area contributed by atoms with Crippen molar-refractivity contribution in [3.8, 4) is 0 Å². The molecule has 0 radical (unpaired) electrons. The van der Waals surface area contributed by atoms with Crippen molar-refractivity contribution >= 4 is 0 Å². The summed E-state index contributed by atoms with van der Waals surface area (Å²) in [5.41, 5.74) is 1.77. The Labute approximate surface area is 81.7 Å². The second-order valence-corrected chi connectivity index (χ2v) is 4.50. The molecule has 2 aliphatic rings. The maximum absolute atomic E-state index is 2.52. The molecule has 0 N–H and O–H groups in total. The zero-order valence-corrected chi connectivity index (χ0v) is 8.63. The van der Waals surface area contributed by atoms with Crippen molar-refractivity contribution in [2.75, 3.05) is 0 Å². The Bertz CT molecular complexity index is 222. The van der Waals surface area contributed by atoms with Crippen LogP contribution in [0.1, 0.15) is 45.4 Å². The van der Waals surface area contributed by atoms with Crippen LogP contribution in [0.15, 0.2) is 23.8 Å². The molecule has 13 heavy (non-hydrogen) atoms. The first-order valence-corrected chi connectivity index (χ1v) is 5.73. The van der Waals surface area contributed by atoms with Crippen LogP contribution < -0.4 is 0 Å². The molecule has 0 spiro atoms. The Balaban J connectivity index is 2.06. The van der Waals surface area contributed by atoms with Crippen LogP contribution in [0.25, 0.3) is 0 Å². The van der Waals surface area contributed by atoms with E-state index in [0.717, 1.165) is 11.8 Å². The van der Waals surface area contributed by atoms with E-state index >= 15 is 0 Å². The SMILES string of the molecule is CC1C=CCCC1C1=CCCCC1. The van der Waals surface area contributed by atoms with E-state index in [1.54, 1.807) is 5.57 Å². The van der Waals surface area contributed by atoms with E-state index in [1.807, 2.05) is 0 Å². The number of rotatable bonds is 1. The number of hydrogen-bond acceptors (Lipinski definition) is 0. The second kappa shape index (κ2) is 4.13. The molecule has 72 valence electrons. The van der Waals surface area contributed by atoms with E-state index < -0.39 is 0 Å². The summed E-state index contributed by atoms with van der Waals surface area (Å²) >= 11 is 0. The number of allylic oxidation sites excluding steroid dienone is 4. The van der Waals surface area contributed by atoms with E-state index in [0.29, 0.717) is 0 Å². The second-order valence-electron chi connectivity index (χ2n) is 4.50. The first-order chi connectivity index (χ1) is 6.38. The van der Waals surface area contributed by atoms with Gasteiger partial charge in [-0.1, -0.05) is 30.7 Å². The first kappa shape index (κ1) is 9.05. The average molecular weight is 176 g/mol. The summed E-state index contributed by atoms with van der Waals surface area (Å²) in [4.78, 5) is 0. The zero-order valence-electron chi connectivity index (χ0n) is 8.63. The Kier molecular flexibility index (Phi) is 2.87. The third kappa shape index (κ3) is 2.04. The molecule has 0 bridgehead atoms. The van der Waals surface area contributed by atoms with Gasteiger partial charge in [-0.25, -0.2) is 0 Å². The lowest BCUT2D eigenvalue weighted by Gasteiger charge is -2.29. The smallest absolute Gasteiger partial charge is 0.0140 e. The fraction of sp³-hybridized carbons (Fsp3) is 0.692. The van der Waals surface area contributed by atoms with Crippen LogP contribution >= 0.6 is 0 Å². The maximum Gasteiger partial charge on any atom is -0.0140 e. The summed E-state index contributed by atoms with van der Waals surface area (Å²) in [5, 5.41) is 0. The van der Waals surface area contributed by atoms with Crippen LogP contribution in [0.2, 0.25) is 0 Å². The Morgan fingerprint density at radius 2 is 2.15 bits per heavy atom. The standard InChI is InChI=1S/C13H20/c1-11-7-5-6-10-13(11)12-8-3-2-4-9-12/h5,7-8,11,13H,2-4,6,9-10H2,1H3.